The van der Waals surface area contributed by atoms with Crippen LogP contribution < -0.4 is 10.6 Å². The van der Waals surface area contributed by atoms with Gasteiger partial charge in [0.2, 0.25) is 0 Å². The summed E-state index contributed by atoms with van der Waals surface area (Å²) < 4.78 is 0. The Balaban J connectivity index is 3.20. The lowest BCUT2D eigenvalue weighted by atomic mass is 10.2. The Morgan fingerprint density at radius 2 is 1.91 bits per heavy atom. The van der Waals surface area contributed by atoms with Crippen molar-refractivity contribution in [1.82, 2.24) is 10.6 Å². The Labute approximate surface area is 70.8 Å². The van der Waals surface area contributed by atoms with E-state index < -0.39 is 0 Å². The highest BCUT2D eigenvalue weighted by Crippen LogP contribution is 1.87. The van der Waals surface area contributed by atoms with Crippen molar-refractivity contribution < 1.29 is 0 Å². The normalized spacial score (nSPS) is 13.4. The van der Waals surface area contributed by atoms with Crippen LogP contribution in [-0.4, -0.2) is 25.7 Å². The summed E-state index contributed by atoms with van der Waals surface area (Å²) in [4.78, 5) is 0. The lowest BCUT2D eigenvalue weighted by molar-refractivity contribution is 0.473. The fourth-order valence-electron chi connectivity index (χ4n) is 1.10. The molecule has 0 bridgehead atoms. The van der Waals surface area contributed by atoms with Gasteiger partial charge in [-0.2, -0.15) is 0 Å². The maximum atomic E-state index is 3.43. The molecule has 0 saturated heterocycles. The van der Waals surface area contributed by atoms with Crippen LogP contribution in [0.5, 0.6) is 0 Å². The molecule has 0 amide bonds. The zero-order valence-electron chi connectivity index (χ0n) is 8.11. The van der Waals surface area contributed by atoms with E-state index in [1.165, 1.54) is 12.8 Å². The summed E-state index contributed by atoms with van der Waals surface area (Å²) in [6.07, 6.45) is 2.44. The monoisotopic (exact) mass is 158 g/mol. The SMILES string of the molecule is CCCNCC(CC)NCC. The van der Waals surface area contributed by atoms with E-state index in [1.807, 2.05) is 0 Å². The number of hydrogen-bond acceptors (Lipinski definition) is 2. The van der Waals surface area contributed by atoms with Gasteiger partial charge in [0.1, 0.15) is 0 Å². The average molecular weight is 158 g/mol. The molecule has 0 saturated carbocycles. The first-order valence-electron chi connectivity index (χ1n) is 4.79. The van der Waals surface area contributed by atoms with E-state index in [9.17, 15) is 0 Å². The Bertz CT molecular complexity index is 74.0. The third kappa shape index (κ3) is 6.32. The number of nitrogens with one attached hydrogen (secondary N) is 2. The van der Waals surface area contributed by atoms with Crippen LogP contribution in [0.15, 0.2) is 0 Å². The van der Waals surface area contributed by atoms with Crippen LogP contribution in [0.3, 0.4) is 0 Å². The highest BCUT2D eigenvalue weighted by molar-refractivity contribution is 4.66. The smallest absolute Gasteiger partial charge is 0.0189 e. The molecule has 0 rings (SSSR count). The fraction of sp³-hybridized carbons (Fsp3) is 1.00. The third-order valence-corrected chi connectivity index (χ3v) is 1.80. The molecule has 0 aliphatic rings. The lowest BCUT2D eigenvalue weighted by Gasteiger charge is -2.15. The second kappa shape index (κ2) is 8.02. The van der Waals surface area contributed by atoms with Crippen molar-refractivity contribution >= 4 is 0 Å². The average Bonchev–Trinajstić information content (AvgIpc) is 2.03. The van der Waals surface area contributed by atoms with E-state index in [0.717, 1.165) is 19.6 Å². The maximum absolute atomic E-state index is 3.43. The molecule has 0 aromatic heterocycles. The molecule has 2 heteroatoms. The van der Waals surface area contributed by atoms with Gasteiger partial charge in [-0.1, -0.05) is 20.8 Å². The minimum atomic E-state index is 0.659. The van der Waals surface area contributed by atoms with Gasteiger partial charge in [-0.05, 0) is 25.9 Å². The predicted octanol–water partition coefficient (Wildman–Crippen LogP) is 1.37. The number of hydrogen-bond donors (Lipinski definition) is 2. The number of rotatable bonds is 7. The fourth-order valence-corrected chi connectivity index (χ4v) is 1.10. The van der Waals surface area contributed by atoms with Crippen molar-refractivity contribution in [3.8, 4) is 0 Å². The van der Waals surface area contributed by atoms with Gasteiger partial charge in [-0.25, -0.2) is 0 Å². The maximum Gasteiger partial charge on any atom is 0.0189 e. The van der Waals surface area contributed by atoms with Crippen LogP contribution in [-0.2, 0) is 0 Å². The van der Waals surface area contributed by atoms with Gasteiger partial charge in [-0.15, -0.1) is 0 Å². The summed E-state index contributed by atoms with van der Waals surface area (Å²) in [6.45, 7) is 9.90. The first-order valence-corrected chi connectivity index (χ1v) is 4.79. The molecule has 1 atom stereocenters. The zero-order valence-corrected chi connectivity index (χ0v) is 8.11. The van der Waals surface area contributed by atoms with Crippen molar-refractivity contribution in [3.05, 3.63) is 0 Å². The molecule has 2 N–H and O–H groups in total. The van der Waals surface area contributed by atoms with Gasteiger partial charge in [0.25, 0.3) is 0 Å². The van der Waals surface area contributed by atoms with Gasteiger partial charge in [0, 0.05) is 12.6 Å². The first-order chi connectivity index (χ1) is 5.35. The Morgan fingerprint density at radius 1 is 1.18 bits per heavy atom. The molecule has 2 nitrogen and oxygen atoms in total. The summed E-state index contributed by atoms with van der Waals surface area (Å²) in [5.74, 6) is 0. The topological polar surface area (TPSA) is 24.1 Å². The summed E-state index contributed by atoms with van der Waals surface area (Å²) >= 11 is 0. The zero-order chi connectivity index (χ0) is 8.53. The molecule has 68 valence electrons. The molecule has 0 aromatic carbocycles. The largest absolute Gasteiger partial charge is 0.315 e. The van der Waals surface area contributed by atoms with Crippen LogP contribution in [0.4, 0.5) is 0 Å². The second-order valence-corrected chi connectivity index (χ2v) is 2.87. The summed E-state index contributed by atoms with van der Waals surface area (Å²) in [6, 6.07) is 0.659. The second-order valence-electron chi connectivity index (χ2n) is 2.87. The molecular formula is C9H22N2. The Kier molecular flexibility index (Phi) is 7.96. The van der Waals surface area contributed by atoms with E-state index in [1.54, 1.807) is 0 Å². The molecule has 1 unspecified atom stereocenters. The van der Waals surface area contributed by atoms with E-state index in [-0.39, 0.29) is 0 Å². The molecule has 0 heterocycles. The van der Waals surface area contributed by atoms with Gasteiger partial charge >= 0.3 is 0 Å². The molecular weight excluding hydrogens is 136 g/mol. The van der Waals surface area contributed by atoms with Crippen molar-refractivity contribution in [2.75, 3.05) is 19.6 Å². The predicted molar refractivity (Wildman–Crippen MR) is 50.9 cm³/mol. The summed E-state index contributed by atoms with van der Waals surface area (Å²) in [5.41, 5.74) is 0. The minimum Gasteiger partial charge on any atom is -0.315 e. The van der Waals surface area contributed by atoms with Crippen LogP contribution >= 0.6 is 0 Å². The molecule has 0 radical (unpaired) electrons. The highest BCUT2D eigenvalue weighted by Gasteiger charge is 2.01. The van der Waals surface area contributed by atoms with Gasteiger partial charge in [0.05, 0.1) is 0 Å². The molecule has 0 aliphatic heterocycles. The Hall–Kier alpha value is -0.0800. The quantitative estimate of drug-likeness (QED) is 0.547. The van der Waals surface area contributed by atoms with Crippen molar-refractivity contribution in [2.45, 2.75) is 39.7 Å². The van der Waals surface area contributed by atoms with Crippen LogP contribution in [0.1, 0.15) is 33.6 Å². The van der Waals surface area contributed by atoms with Crippen molar-refractivity contribution in [2.24, 2.45) is 0 Å². The van der Waals surface area contributed by atoms with Crippen molar-refractivity contribution in [3.63, 3.8) is 0 Å². The van der Waals surface area contributed by atoms with E-state index in [4.69, 9.17) is 0 Å². The van der Waals surface area contributed by atoms with Crippen LogP contribution in [0.25, 0.3) is 0 Å². The Morgan fingerprint density at radius 3 is 2.36 bits per heavy atom. The van der Waals surface area contributed by atoms with Gasteiger partial charge in [-0.3, -0.25) is 0 Å². The highest BCUT2D eigenvalue weighted by atomic mass is 15.0. The van der Waals surface area contributed by atoms with E-state index in [2.05, 4.69) is 31.4 Å². The molecule has 0 aliphatic carbocycles. The molecule has 0 aromatic rings. The summed E-state index contributed by atoms with van der Waals surface area (Å²) in [5, 5.41) is 6.84. The minimum absolute atomic E-state index is 0.659. The van der Waals surface area contributed by atoms with Gasteiger partial charge < -0.3 is 10.6 Å². The summed E-state index contributed by atoms with van der Waals surface area (Å²) in [7, 11) is 0. The van der Waals surface area contributed by atoms with E-state index >= 15 is 0 Å². The van der Waals surface area contributed by atoms with Crippen LogP contribution in [0.2, 0.25) is 0 Å². The molecule has 0 fully saturated rings. The van der Waals surface area contributed by atoms with Crippen LogP contribution in [0, 0.1) is 0 Å². The molecule has 11 heavy (non-hydrogen) atoms. The van der Waals surface area contributed by atoms with Crippen molar-refractivity contribution in [1.29, 1.82) is 0 Å². The standard InChI is InChI=1S/C9H22N2/c1-4-7-10-8-9(5-2)11-6-3/h9-11H,4-8H2,1-3H3. The van der Waals surface area contributed by atoms with Gasteiger partial charge in [0.15, 0.2) is 0 Å². The molecule has 0 spiro atoms. The lowest BCUT2D eigenvalue weighted by Crippen LogP contribution is -2.38. The van der Waals surface area contributed by atoms with E-state index in [0.29, 0.717) is 6.04 Å². The first kappa shape index (κ1) is 10.9. The number of likely N-dealkylation sites (N-methyl/N-ethyl adjacent to an activating group) is 1. The third-order valence-electron chi connectivity index (χ3n) is 1.80.